The molecule has 0 spiro atoms. The number of rotatable bonds is 4. The van der Waals surface area contributed by atoms with Crippen molar-refractivity contribution in [3.8, 4) is 5.75 Å². The normalized spacial score (nSPS) is 9.31. The fourth-order valence-corrected chi connectivity index (χ4v) is 0.939. The van der Waals surface area contributed by atoms with Gasteiger partial charge >= 0.3 is 23.1 Å². The van der Waals surface area contributed by atoms with Crippen LogP contribution in [0.25, 0.3) is 0 Å². The van der Waals surface area contributed by atoms with E-state index in [-0.39, 0.29) is 45.8 Å². The molecule has 0 amide bonds. The van der Waals surface area contributed by atoms with Crippen molar-refractivity contribution >= 4 is 23.1 Å². The molecule has 0 unspecified atom stereocenters. The molecule has 0 aliphatic heterocycles. The van der Waals surface area contributed by atoms with Gasteiger partial charge in [0, 0.05) is 11.6 Å². The third-order valence-electron chi connectivity index (χ3n) is 1.76. The Morgan fingerprint density at radius 1 is 1.38 bits per heavy atom. The maximum atomic E-state index is 13.0. The fraction of sp³-hybridized carbons (Fsp3) is 0.455. The van der Waals surface area contributed by atoms with E-state index in [9.17, 15) is 8.78 Å². The molecular weight excluding hydrogens is 290 g/mol. The summed E-state index contributed by atoms with van der Waals surface area (Å²) in [5.74, 6) is -0.849. The first kappa shape index (κ1) is 18.5. The molecule has 16 heavy (non-hydrogen) atoms. The Balaban J connectivity index is 0. The third kappa shape index (κ3) is 6.65. The summed E-state index contributed by atoms with van der Waals surface area (Å²) in [5.41, 5.74) is 0. The molecule has 0 aromatic heterocycles. The quantitative estimate of drug-likeness (QED) is 0.554. The molecule has 1 rings (SSSR count). The van der Waals surface area contributed by atoms with Crippen LogP contribution in [0.5, 0.6) is 5.75 Å². The Morgan fingerprint density at radius 2 is 2.00 bits per heavy atom. The average Bonchev–Trinajstić information content (AvgIpc) is 2.08. The molecule has 5 heteroatoms. The summed E-state index contributed by atoms with van der Waals surface area (Å²) in [4.78, 5) is 0. The maximum absolute atomic E-state index is 13.0. The smallest absolute Gasteiger partial charge is 1.00 e. The molecule has 86 valence electrons. The van der Waals surface area contributed by atoms with E-state index in [0.717, 1.165) is 18.6 Å². The summed E-state index contributed by atoms with van der Waals surface area (Å²) in [6.45, 7) is 4.53. The number of hydrogen-bond donors (Lipinski definition) is 0. The topological polar surface area (TPSA) is 9.23 Å². The molecule has 0 atom stereocenters. The van der Waals surface area contributed by atoms with Crippen LogP contribution in [0.2, 0.25) is 0 Å². The van der Waals surface area contributed by atoms with Crippen LogP contribution >= 0.6 is 0 Å². The van der Waals surface area contributed by atoms with Crippen LogP contribution in [-0.2, 0) is 0 Å². The predicted octanol–water partition coefficient (Wildman–Crippen LogP) is -0.187. The van der Waals surface area contributed by atoms with Crippen LogP contribution < -0.4 is 21.7 Å². The molecule has 0 bridgehead atoms. The van der Waals surface area contributed by atoms with Crippen LogP contribution in [-0.4, -0.2) is 29.7 Å². The molecule has 0 aliphatic rings. The van der Waals surface area contributed by atoms with Gasteiger partial charge in [-0.05, 0) is 12.3 Å². The van der Waals surface area contributed by atoms with Crippen molar-refractivity contribution in [3.63, 3.8) is 0 Å². The van der Waals surface area contributed by atoms with E-state index < -0.39 is 11.6 Å². The molecule has 0 saturated heterocycles. The summed E-state index contributed by atoms with van der Waals surface area (Å²) in [6.07, 6.45) is 0.838. The molecule has 0 saturated carbocycles. The van der Waals surface area contributed by atoms with E-state index in [1.807, 2.05) is 13.8 Å². The average molecular weight is 303 g/mol. The molecule has 0 aliphatic carbocycles. The second kappa shape index (κ2) is 9.19. The van der Waals surface area contributed by atoms with E-state index >= 15 is 0 Å². The Bertz CT molecular complexity index is 308. The second-order valence-corrected chi connectivity index (χ2v) is 3.53. The first-order valence-corrected chi connectivity index (χ1v) is 4.59. The van der Waals surface area contributed by atoms with Gasteiger partial charge in [-0.3, -0.25) is 8.78 Å². The number of benzene rings is 1. The van der Waals surface area contributed by atoms with Crippen LogP contribution in [0.3, 0.4) is 0 Å². The summed E-state index contributed by atoms with van der Waals surface area (Å²) in [6, 6.07) is 4.26. The summed E-state index contributed by atoms with van der Waals surface area (Å²) >= 11 is 0. The third-order valence-corrected chi connectivity index (χ3v) is 1.76. The van der Waals surface area contributed by atoms with Crippen LogP contribution in [0.15, 0.2) is 12.1 Å². The van der Waals surface area contributed by atoms with Crippen molar-refractivity contribution in [1.82, 2.24) is 0 Å². The zero-order valence-corrected chi connectivity index (χ0v) is 12.4. The van der Waals surface area contributed by atoms with Crippen LogP contribution in [0.1, 0.15) is 20.3 Å². The van der Waals surface area contributed by atoms with Gasteiger partial charge in [0.25, 0.3) is 0 Å². The first-order chi connectivity index (χ1) is 6.59. The van der Waals surface area contributed by atoms with Crippen LogP contribution in [0.4, 0.5) is 8.78 Å². The Labute approximate surface area is 121 Å². The van der Waals surface area contributed by atoms with Crippen molar-refractivity contribution in [2.24, 2.45) is 5.92 Å². The van der Waals surface area contributed by atoms with Gasteiger partial charge in [0.05, 0.1) is 12.4 Å². The van der Waals surface area contributed by atoms with E-state index in [4.69, 9.17) is 4.74 Å². The van der Waals surface area contributed by atoms with Gasteiger partial charge in [-0.2, -0.15) is 0 Å². The van der Waals surface area contributed by atoms with Gasteiger partial charge < -0.3 is 21.7 Å². The molecule has 1 aromatic carbocycles. The predicted molar refractivity (Wildman–Crippen MR) is 55.9 cm³/mol. The number of ether oxygens (including phenoxy) is 1. The largest absolute Gasteiger partial charge is 2.00 e. The Hall–Kier alpha value is 0.126. The molecule has 0 radical (unpaired) electrons. The van der Waals surface area contributed by atoms with Gasteiger partial charge in [-0.1, -0.05) is 19.9 Å². The number of hydrogen-bond acceptors (Lipinski definition) is 1. The molecule has 1 aromatic rings. The van der Waals surface area contributed by atoms with Crippen molar-refractivity contribution in [1.29, 1.82) is 0 Å². The zero-order valence-electron chi connectivity index (χ0n) is 9.40. The Morgan fingerprint density at radius 3 is 2.50 bits per heavy atom. The van der Waals surface area contributed by atoms with Crippen LogP contribution in [0, 0.1) is 23.6 Å². The second-order valence-electron chi connectivity index (χ2n) is 3.53. The molecule has 1 nitrogen and oxygen atoms in total. The molecule has 0 fully saturated rings. The molecule has 0 heterocycles. The Kier molecular flexibility index (Phi) is 10.6. The number of halogens is 3. The SMILES string of the molecule is CC(C)CCOc1[c-]cc(F)cc1F.[Br-].[Mg+2]. The monoisotopic (exact) mass is 302 g/mol. The molecular formula is C11H13BrF2MgO. The standard InChI is InChI=1S/C11H13F2O.BrH.Mg/c1-8(2)5-6-14-11-4-3-9(12)7-10(11)13;;/h3,7-8H,5-6H2,1-2H3;1H;/q-1;;+2/p-1. The van der Waals surface area contributed by atoms with E-state index in [2.05, 4.69) is 6.07 Å². The van der Waals surface area contributed by atoms with Crippen molar-refractivity contribution in [2.45, 2.75) is 20.3 Å². The summed E-state index contributed by atoms with van der Waals surface area (Å²) in [5, 5.41) is 0. The molecule has 0 N–H and O–H groups in total. The minimum atomic E-state index is -0.700. The van der Waals surface area contributed by atoms with Gasteiger partial charge in [-0.15, -0.1) is 12.1 Å². The summed E-state index contributed by atoms with van der Waals surface area (Å²) in [7, 11) is 0. The first-order valence-electron chi connectivity index (χ1n) is 4.59. The zero-order chi connectivity index (χ0) is 10.6. The van der Waals surface area contributed by atoms with Gasteiger partial charge in [0.1, 0.15) is 0 Å². The minimum Gasteiger partial charge on any atom is -1.00 e. The van der Waals surface area contributed by atoms with E-state index in [0.29, 0.717) is 12.5 Å². The van der Waals surface area contributed by atoms with Gasteiger partial charge in [-0.25, -0.2) is 0 Å². The van der Waals surface area contributed by atoms with E-state index in [1.54, 1.807) is 0 Å². The van der Waals surface area contributed by atoms with Gasteiger partial charge in [0.15, 0.2) is 0 Å². The van der Waals surface area contributed by atoms with Crippen molar-refractivity contribution < 1.29 is 30.5 Å². The van der Waals surface area contributed by atoms with E-state index in [1.165, 1.54) is 0 Å². The maximum Gasteiger partial charge on any atom is 2.00 e. The summed E-state index contributed by atoms with van der Waals surface area (Å²) < 4.78 is 30.6. The fourth-order valence-electron chi connectivity index (χ4n) is 0.939. The van der Waals surface area contributed by atoms with Gasteiger partial charge in [0.2, 0.25) is 0 Å². The minimum absolute atomic E-state index is 0. The van der Waals surface area contributed by atoms with Crippen molar-refractivity contribution in [2.75, 3.05) is 6.61 Å². The van der Waals surface area contributed by atoms with Crippen molar-refractivity contribution in [3.05, 3.63) is 29.8 Å².